The van der Waals surface area contributed by atoms with Crippen LogP contribution >= 0.6 is 0 Å². The van der Waals surface area contributed by atoms with Crippen LogP contribution in [0, 0.1) is 5.82 Å². The second kappa shape index (κ2) is 3.22. The molecule has 2 atom stereocenters. The second-order valence-corrected chi connectivity index (χ2v) is 3.97. The molecule has 2 unspecified atom stereocenters. The van der Waals surface area contributed by atoms with Gasteiger partial charge >= 0.3 is 5.69 Å². The number of alkyl halides is 1. The molecule has 2 aromatic heterocycles. The molecule has 3 rings (SSSR count). The quantitative estimate of drug-likeness (QED) is 0.788. The van der Waals surface area contributed by atoms with Crippen LogP contribution in [-0.2, 0) is 0 Å². The third kappa shape index (κ3) is 1.46. The monoisotopic (exact) mass is 239 g/mol. The number of nitrogens with one attached hydrogen (secondary N) is 1. The van der Waals surface area contributed by atoms with E-state index in [0.717, 1.165) is 16.8 Å². The molecular formula is C10H7F2N3O2. The Balaban J connectivity index is 2.42. The first-order valence-corrected chi connectivity index (χ1v) is 5.02. The number of nitrogens with zero attached hydrogens (tertiary/aromatic N) is 2. The summed E-state index contributed by atoms with van der Waals surface area (Å²) in [5.41, 5.74) is -1.42. The minimum Gasteiger partial charge on any atom is -0.273 e. The number of pyridine rings is 1. The highest BCUT2D eigenvalue weighted by atomic mass is 19.1. The van der Waals surface area contributed by atoms with Gasteiger partial charge in [-0.3, -0.25) is 14.3 Å². The van der Waals surface area contributed by atoms with Crippen molar-refractivity contribution in [2.75, 3.05) is 0 Å². The summed E-state index contributed by atoms with van der Waals surface area (Å²) in [6.45, 7) is 0. The van der Waals surface area contributed by atoms with E-state index >= 15 is 0 Å². The van der Waals surface area contributed by atoms with Crippen LogP contribution in [0.5, 0.6) is 0 Å². The normalized spacial score (nSPS) is 22.9. The van der Waals surface area contributed by atoms with E-state index in [2.05, 4.69) is 4.98 Å². The third-order valence-electron chi connectivity index (χ3n) is 2.76. The second-order valence-electron chi connectivity index (χ2n) is 3.97. The van der Waals surface area contributed by atoms with Crippen molar-refractivity contribution >= 4 is 11.0 Å². The SMILES string of the molecule is O=c1[nH]c(=O)n(C2CC2F)c2ncc(F)cc12. The highest BCUT2D eigenvalue weighted by molar-refractivity contribution is 5.73. The average molecular weight is 239 g/mol. The summed E-state index contributed by atoms with van der Waals surface area (Å²) in [5, 5.41) is -0.0521. The molecule has 0 amide bonds. The molecule has 2 heterocycles. The molecule has 1 aliphatic rings. The highest BCUT2D eigenvalue weighted by Gasteiger charge is 2.41. The maximum atomic E-state index is 13.0. The zero-order valence-corrected chi connectivity index (χ0v) is 8.48. The number of rotatable bonds is 1. The molecule has 7 heteroatoms. The summed E-state index contributed by atoms with van der Waals surface area (Å²) in [6, 6.07) is 0.368. The van der Waals surface area contributed by atoms with E-state index in [-0.39, 0.29) is 17.5 Å². The van der Waals surface area contributed by atoms with Gasteiger partial charge in [0.1, 0.15) is 17.6 Å². The minimum atomic E-state index is -1.12. The van der Waals surface area contributed by atoms with Crippen LogP contribution < -0.4 is 11.2 Å². The maximum Gasteiger partial charge on any atom is 0.330 e. The number of hydrogen-bond acceptors (Lipinski definition) is 3. The minimum absolute atomic E-state index is 0.0188. The van der Waals surface area contributed by atoms with Crippen molar-refractivity contribution in [3.8, 4) is 0 Å². The number of H-pyrrole nitrogens is 1. The molecule has 17 heavy (non-hydrogen) atoms. The van der Waals surface area contributed by atoms with E-state index in [0.29, 0.717) is 0 Å². The zero-order chi connectivity index (χ0) is 12.2. The lowest BCUT2D eigenvalue weighted by Gasteiger charge is -2.06. The van der Waals surface area contributed by atoms with Gasteiger partial charge < -0.3 is 0 Å². The smallest absolute Gasteiger partial charge is 0.273 e. The molecule has 5 nitrogen and oxygen atoms in total. The molecule has 0 saturated heterocycles. The fourth-order valence-electron chi connectivity index (χ4n) is 1.84. The van der Waals surface area contributed by atoms with Gasteiger partial charge in [-0.15, -0.1) is 0 Å². The molecule has 1 fully saturated rings. The Kier molecular flexibility index (Phi) is 1.92. The van der Waals surface area contributed by atoms with Gasteiger partial charge in [-0.05, 0) is 6.07 Å². The molecule has 0 spiro atoms. The van der Waals surface area contributed by atoms with E-state index in [1.54, 1.807) is 0 Å². The van der Waals surface area contributed by atoms with Crippen LogP contribution in [0.3, 0.4) is 0 Å². The first-order chi connectivity index (χ1) is 8.08. The van der Waals surface area contributed by atoms with E-state index in [1.165, 1.54) is 0 Å². The first kappa shape index (κ1) is 10.1. The van der Waals surface area contributed by atoms with Gasteiger partial charge in [0.2, 0.25) is 0 Å². The number of fused-ring (bicyclic) bond motifs is 1. The van der Waals surface area contributed by atoms with Gasteiger partial charge in [0.15, 0.2) is 0 Å². The molecule has 0 bridgehead atoms. The summed E-state index contributed by atoms with van der Waals surface area (Å²) < 4.78 is 27.0. The summed E-state index contributed by atoms with van der Waals surface area (Å²) in [7, 11) is 0. The fraction of sp³-hybridized carbons (Fsp3) is 0.300. The Morgan fingerprint density at radius 2 is 2.18 bits per heavy atom. The number of halogens is 2. The molecule has 1 aliphatic carbocycles. The summed E-state index contributed by atoms with van der Waals surface area (Å²) in [5.74, 6) is -0.680. The van der Waals surface area contributed by atoms with Gasteiger partial charge in [-0.1, -0.05) is 0 Å². The van der Waals surface area contributed by atoms with Gasteiger partial charge in [0, 0.05) is 6.42 Å². The van der Waals surface area contributed by atoms with Crippen molar-refractivity contribution in [3.05, 3.63) is 38.9 Å². The third-order valence-corrected chi connectivity index (χ3v) is 2.76. The lowest BCUT2D eigenvalue weighted by molar-refractivity contribution is 0.439. The Morgan fingerprint density at radius 3 is 2.82 bits per heavy atom. The largest absolute Gasteiger partial charge is 0.330 e. The zero-order valence-electron chi connectivity index (χ0n) is 8.48. The lowest BCUT2D eigenvalue weighted by atomic mass is 10.3. The Labute approximate surface area is 92.7 Å². The van der Waals surface area contributed by atoms with Crippen molar-refractivity contribution in [2.24, 2.45) is 0 Å². The molecule has 0 aromatic carbocycles. The molecule has 0 radical (unpaired) electrons. The van der Waals surface area contributed by atoms with Crippen LogP contribution in [0.2, 0.25) is 0 Å². The Morgan fingerprint density at radius 1 is 1.47 bits per heavy atom. The maximum absolute atomic E-state index is 13.0. The number of hydrogen-bond donors (Lipinski definition) is 1. The standard InChI is InChI=1S/C10H7F2N3O2/c11-4-1-5-8(13-3-4)15(7-2-6(7)12)10(17)14-9(5)16/h1,3,6-7H,2H2,(H,14,16,17). The van der Waals surface area contributed by atoms with E-state index < -0.39 is 29.3 Å². The summed E-state index contributed by atoms with van der Waals surface area (Å²) in [6.07, 6.45) is -0.0124. The predicted molar refractivity (Wildman–Crippen MR) is 55.1 cm³/mol. The van der Waals surface area contributed by atoms with E-state index in [4.69, 9.17) is 0 Å². The predicted octanol–water partition coefficient (Wildman–Crippen LogP) is 0.507. The molecule has 0 aliphatic heterocycles. The Bertz CT molecular complexity index is 722. The van der Waals surface area contributed by atoms with Gasteiger partial charge in [0.25, 0.3) is 5.56 Å². The number of aromatic nitrogens is 3. The van der Waals surface area contributed by atoms with Crippen molar-refractivity contribution in [3.63, 3.8) is 0 Å². The van der Waals surface area contributed by atoms with Crippen molar-refractivity contribution < 1.29 is 8.78 Å². The van der Waals surface area contributed by atoms with Crippen molar-refractivity contribution in [2.45, 2.75) is 18.6 Å². The Hall–Kier alpha value is -2.05. The molecule has 88 valence electrons. The van der Waals surface area contributed by atoms with Gasteiger partial charge in [0.05, 0.1) is 17.6 Å². The van der Waals surface area contributed by atoms with Crippen LogP contribution in [0.15, 0.2) is 21.9 Å². The van der Waals surface area contributed by atoms with Crippen molar-refractivity contribution in [1.82, 2.24) is 14.5 Å². The fourth-order valence-corrected chi connectivity index (χ4v) is 1.84. The van der Waals surface area contributed by atoms with Crippen LogP contribution in [-0.4, -0.2) is 20.7 Å². The van der Waals surface area contributed by atoms with Crippen LogP contribution in [0.1, 0.15) is 12.5 Å². The first-order valence-electron chi connectivity index (χ1n) is 5.02. The van der Waals surface area contributed by atoms with Gasteiger partial charge in [-0.2, -0.15) is 0 Å². The van der Waals surface area contributed by atoms with Crippen LogP contribution in [0.25, 0.3) is 11.0 Å². The lowest BCUT2D eigenvalue weighted by Crippen LogP contribution is -2.31. The molecule has 1 N–H and O–H groups in total. The molecule has 2 aromatic rings. The van der Waals surface area contributed by atoms with Crippen LogP contribution in [0.4, 0.5) is 8.78 Å². The van der Waals surface area contributed by atoms with E-state index in [1.807, 2.05) is 4.98 Å². The molecular weight excluding hydrogens is 232 g/mol. The topological polar surface area (TPSA) is 67.8 Å². The van der Waals surface area contributed by atoms with E-state index in [9.17, 15) is 18.4 Å². The summed E-state index contributed by atoms with van der Waals surface area (Å²) >= 11 is 0. The summed E-state index contributed by atoms with van der Waals surface area (Å²) in [4.78, 5) is 28.8. The highest BCUT2D eigenvalue weighted by Crippen LogP contribution is 2.38. The van der Waals surface area contributed by atoms with Crippen molar-refractivity contribution in [1.29, 1.82) is 0 Å². The number of aromatic amines is 1. The average Bonchev–Trinajstić information content (AvgIpc) is 2.96. The molecule has 1 saturated carbocycles. The van der Waals surface area contributed by atoms with Gasteiger partial charge in [-0.25, -0.2) is 18.6 Å².